The maximum atomic E-state index is 12.2. The molecule has 0 unspecified atom stereocenters. The number of nitrogens with zero attached hydrogens (tertiary/aromatic N) is 1. The van der Waals surface area contributed by atoms with E-state index in [0.29, 0.717) is 27.0 Å². The number of rotatable bonds is 6. The maximum Gasteiger partial charge on any atom is 0.264 e. The van der Waals surface area contributed by atoms with Crippen molar-refractivity contribution in [1.29, 1.82) is 0 Å². The first-order valence-corrected chi connectivity index (χ1v) is 12.0. The minimum absolute atomic E-state index is 0.163. The van der Waals surface area contributed by atoms with Crippen molar-refractivity contribution in [3.05, 3.63) is 46.4 Å². The summed E-state index contributed by atoms with van der Waals surface area (Å²) in [5.74, 6) is 0.639. The van der Waals surface area contributed by atoms with Gasteiger partial charge < -0.3 is 4.74 Å². The highest BCUT2D eigenvalue weighted by Crippen LogP contribution is 2.30. The number of benzene rings is 2. The van der Waals surface area contributed by atoms with Crippen LogP contribution in [0.2, 0.25) is 0 Å². The molecule has 148 valence electrons. The van der Waals surface area contributed by atoms with Gasteiger partial charge in [0.25, 0.3) is 5.91 Å². The molecule has 9 heteroatoms. The van der Waals surface area contributed by atoms with Crippen molar-refractivity contribution in [2.45, 2.75) is 24.7 Å². The van der Waals surface area contributed by atoms with Crippen LogP contribution in [0.4, 0.5) is 5.13 Å². The first-order chi connectivity index (χ1) is 13.1. The summed E-state index contributed by atoms with van der Waals surface area (Å²) in [5.41, 5.74) is 1.80. The number of anilines is 1. The number of carbonyl (C=O) groups excluding carboxylic acids is 1. The summed E-state index contributed by atoms with van der Waals surface area (Å²) in [6, 6.07) is 10.5. The van der Waals surface area contributed by atoms with Crippen LogP contribution < -0.4 is 10.1 Å². The Hall–Kier alpha value is -1.97. The first-order valence-electron chi connectivity index (χ1n) is 8.46. The van der Waals surface area contributed by atoms with Gasteiger partial charge in [0.1, 0.15) is 5.75 Å². The third kappa shape index (κ3) is 4.89. The van der Waals surface area contributed by atoms with E-state index in [2.05, 4.69) is 40.1 Å². The van der Waals surface area contributed by atoms with Crippen LogP contribution in [0.1, 0.15) is 25.3 Å². The molecule has 0 atom stereocenters. The number of thiazole rings is 1. The van der Waals surface area contributed by atoms with Gasteiger partial charge in [-0.2, -0.15) is 0 Å². The Balaban J connectivity index is 1.66. The van der Waals surface area contributed by atoms with E-state index in [9.17, 15) is 13.2 Å². The van der Waals surface area contributed by atoms with Gasteiger partial charge >= 0.3 is 0 Å². The monoisotopic (exact) mass is 482 g/mol. The predicted molar refractivity (Wildman–Crippen MR) is 115 cm³/mol. The standard InChI is InChI=1S/C19H19BrN2O4S2/c1-11(2)12-4-7-16(14(20)8-12)26-10-18(23)22-19-21-15-6-5-13(28(3,24)25)9-17(15)27-19/h4-9,11H,10H2,1-3H3,(H,21,22,23). The van der Waals surface area contributed by atoms with Gasteiger partial charge in [0.15, 0.2) is 21.6 Å². The topological polar surface area (TPSA) is 85.4 Å². The number of aromatic nitrogens is 1. The lowest BCUT2D eigenvalue weighted by Crippen LogP contribution is -2.20. The molecule has 28 heavy (non-hydrogen) atoms. The number of halogens is 1. The number of sulfone groups is 1. The molecule has 3 rings (SSSR count). The molecule has 1 amide bonds. The Morgan fingerprint density at radius 2 is 2.00 bits per heavy atom. The molecule has 0 spiro atoms. The summed E-state index contributed by atoms with van der Waals surface area (Å²) in [4.78, 5) is 16.7. The summed E-state index contributed by atoms with van der Waals surface area (Å²) in [6.07, 6.45) is 1.15. The molecule has 0 aliphatic carbocycles. The lowest BCUT2D eigenvalue weighted by atomic mass is 10.0. The zero-order valence-corrected chi connectivity index (χ0v) is 18.7. The molecule has 0 saturated heterocycles. The van der Waals surface area contributed by atoms with Crippen molar-refractivity contribution >= 4 is 58.4 Å². The van der Waals surface area contributed by atoms with Crippen molar-refractivity contribution in [1.82, 2.24) is 4.98 Å². The van der Waals surface area contributed by atoms with Gasteiger partial charge in [-0.15, -0.1) is 0 Å². The molecule has 0 bridgehead atoms. The normalized spacial score (nSPS) is 11.8. The van der Waals surface area contributed by atoms with E-state index in [0.717, 1.165) is 10.7 Å². The SMILES string of the molecule is CC(C)c1ccc(OCC(=O)Nc2nc3ccc(S(C)(=O)=O)cc3s2)c(Br)c1. The summed E-state index contributed by atoms with van der Waals surface area (Å²) in [5, 5.41) is 3.08. The average molecular weight is 483 g/mol. The number of carbonyl (C=O) groups is 1. The van der Waals surface area contributed by atoms with Crippen molar-refractivity contribution in [3.63, 3.8) is 0 Å². The molecular formula is C19H19BrN2O4S2. The third-order valence-corrected chi connectivity index (χ3v) is 6.68. The van der Waals surface area contributed by atoms with E-state index in [1.807, 2.05) is 18.2 Å². The van der Waals surface area contributed by atoms with Crippen LogP contribution in [0.3, 0.4) is 0 Å². The summed E-state index contributed by atoms with van der Waals surface area (Å²) < 4.78 is 30.4. The van der Waals surface area contributed by atoms with Crippen molar-refractivity contribution in [3.8, 4) is 5.75 Å². The predicted octanol–water partition coefficient (Wildman–Crippen LogP) is 4.60. The molecule has 1 N–H and O–H groups in total. The fourth-order valence-electron chi connectivity index (χ4n) is 2.48. The van der Waals surface area contributed by atoms with E-state index >= 15 is 0 Å². The number of hydrogen-bond acceptors (Lipinski definition) is 6. The van der Waals surface area contributed by atoms with E-state index < -0.39 is 9.84 Å². The van der Waals surface area contributed by atoms with Gasteiger partial charge in [-0.25, -0.2) is 13.4 Å². The maximum absolute atomic E-state index is 12.2. The highest BCUT2D eigenvalue weighted by Gasteiger charge is 2.13. The second-order valence-electron chi connectivity index (χ2n) is 6.60. The van der Waals surface area contributed by atoms with Crippen molar-refractivity contribution < 1.29 is 17.9 Å². The van der Waals surface area contributed by atoms with Gasteiger partial charge in [-0.1, -0.05) is 31.3 Å². The van der Waals surface area contributed by atoms with Crippen LogP contribution in [-0.4, -0.2) is 32.2 Å². The van der Waals surface area contributed by atoms with Crippen LogP contribution in [0.15, 0.2) is 45.8 Å². The van der Waals surface area contributed by atoms with Crippen molar-refractivity contribution in [2.75, 3.05) is 18.2 Å². The van der Waals surface area contributed by atoms with Gasteiger partial charge in [-0.3, -0.25) is 10.1 Å². The number of nitrogens with one attached hydrogen (secondary N) is 1. The van der Waals surface area contributed by atoms with Gasteiger partial charge in [0, 0.05) is 6.26 Å². The van der Waals surface area contributed by atoms with Crippen LogP contribution in [0, 0.1) is 0 Å². The zero-order chi connectivity index (χ0) is 20.5. The number of fused-ring (bicyclic) bond motifs is 1. The van der Waals surface area contributed by atoms with Gasteiger partial charge in [0.2, 0.25) is 0 Å². The lowest BCUT2D eigenvalue weighted by molar-refractivity contribution is -0.118. The molecule has 0 saturated carbocycles. The quantitative estimate of drug-likeness (QED) is 0.554. The fourth-order valence-corrected chi connectivity index (χ4v) is 4.63. The van der Waals surface area contributed by atoms with Crippen LogP contribution in [0.5, 0.6) is 5.75 Å². The Bertz CT molecular complexity index is 1140. The smallest absolute Gasteiger partial charge is 0.264 e. The van der Waals surface area contributed by atoms with E-state index in [1.54, 1.807) is 12.1 Å². The Morgan fingerprint density at radius 1 is 1.25 bits per heavy atom. The van der Waals surface area contributed by atoms with Gasteiger partial charge in [0.05, 0.1) is 19.6 Å². The minimum Gasteiger partial charge on any atom is -0.483 e. The average Bonchev–Trinajstić information content (AvgIpc) is 3.01. The molecule has 0 aliphatic rings. The van der Waals surface area contributed by atoms with E-state index in [4.69, 9.17) is 4.74 Å². The number of hydrogen-bond donors (Lipinski definition) is 1. The Kier molecular flexibility index (Phi) is 6.07. The molecule has 3 aromatic rings. The minimum atomic E-state index is -3.29. The van der Waals surface area contributed by atoms with Gasteiger partial charge in [-0.05, 0) is 57.7 Å². The fraction of sp³-hybridized carbons (Fsp3) is 0.263. The molecule has 1 heterocycles. The second kappa shape index (κ2) is 8.18. The molecule has 2 aromatic carbocycles. The highest BCUT2D eigenvalue weighted by molar-refractivity contribution is 9.10. The largest absolute Gasteiger partial charge is 0.483 e. The highest BCUT2D eigenvalue weighted by atomic mass is 79.9. The van der Waals surface area contributed by atoms with E-state index in [1.165, 1.54) is 23.0 Å². The van der Waals surface area contributed by atoms with E-state index in [-0.39, 0.29) is 17.4 Å². The molecule has 1 aromatic heterocycles. The lowest BCUT2D eigenvalue weighted by Gasteiger charge is -2.11. The molecule has 6 nitrogen and oxygen atoms in total. The van der Waals surface area contributed by atoms with Crippen molar-refractivity contribution in [2.24, 2.45) is 0 Å². The molecular weight excluding hydrogens is 464 g/mol. The van der Waals surface area contributed by atoms with Crippen LogP contribution >= 0.6 is 27.3 Å². The number of ether oxygens (including phenoxy) is 1. The summed E-state index contributed by atoms with van der Waals surface area (Å²) in [6.45, 7) is 4.05. The summed E-state index contributed by atoms with van der Waals surface area (Å²) >= 11 is 4.68. The first kappa shape index (κ1) is 20.8. The molecule has 0 radical (unpaired) electrons. The Labute approximate surface area is 176 Å². The summed E-state index contributed by atoms with van der Waals surface area (Å²) in [7, 11) is -3.29. The Morgan fingerprint density at radius 3 is 2.64 bits per heavy atom. The zero-order valence-electron chi connectivity index (χ0n) is 15.5. The number of amides is 1. The second-order valence-corrected chi connectivity index (χ2v) is 10.5. The van der Waals surface area contributed by atoms with Crippen LogP contribution in [0.25, 0.3) is 10.2 Å². The molecule has 0 aliphatic heterocycles. The third-order valence-electron chi connectivity index (χ3n) is 4.02. The molecule has 0 fully saturated rings. The van der Waals surface area contributed by atoms with Crippen LogP contribution in [-0.2, 0) is 14.6 Å².